The molecule has 1 aromatic rings. The Balaban J connectivity index is 0.00000180. The summed E-state index contributed by atoms with van der Waals surface area (Å²) in [5.41, 5.74) is 5.98. The monoisotopic (exact) mass is 294 g/mol. The van der Waals surface area contributed by atoms with Gasteiger partial charge in [0, 0.05) is 19.1 Å². The molecular formula is C13H18ClF3N2. The Morgan fingerprint density at radius 2 is 1.84 bits per heavy atom. The van der Waals surface area contributed by atoms with E-state index in [2.05, 4.69) is 4.90 Å². The maximum Gasteiger partial charge on any atom is 0.416 e. The van der Waals surface area contributed by atoms with E-state index in [0.29, 0.717) is 19.1 Å². The van der Waals surface area contributed by atoms with Gasteiger partial charge in [0.2, 0.25) is 0 Å². The second-order valence-corrected chi connectivity index (χ2v) is 4.70. The highest BCUT2D eigenvalue weighted by Crippen LogP contribution is 2.29. The Morgan fingerprint density at radius 3 is 2.37 bits per heavy atom. The molecule has 6 heteroatoms. The standard InChI is InChI=1S/C13H17F3N2.ClH/c14-13(15,16)11-5-3-10(4-6-11)9-18-7-1-2-12(18)8-17;/h3-6,12H,1-2,7-9,17H2;1H. The third-order valence-corrected chi connectivity index (χ3v) is 3.44. The summed E-state index contributed by atoms with van der Waals surface area (Å²) in [5.74, 6) is 0. The fourth-order valence-corrected chi connectivity index (χ4v) is 2.40. The molecule has 0 amide bonds. The number of rotatable bonds is 3. The SMILES string of the molecule is Cl.NCC1CCCN1Cc1ccc(C(F)(F)F)cc1. The van der Waals surface area contributed by atoms with Gasteiger partial charge in [0.1, 0.15) is 0 Å². The van der Waals surface area contributed by atoms with Crippen LogP contribution in [0.2, 0.25) is 0 Å². The third-order valence-electron chi connectivity index (χ3n) is 3.44. The van der Waals surface area contributed by atoms with Gasteiger partial charge >= 0.3 is 6.18 Å². The van der Waals surface area contributed by atoms with Crippen LogP contribution in [0.1, 0.15) is 24.0 Å². The molecule has 1 aromatic carbocycles. The van der Waals surface area contributed by atoms with Gasteiger partial charge in [-0.2, -0.15) is 13.2 Å². The van der Waals surface area contributed by atoms with E-state index in [9.17, 15) is 13.2 Å². The van der Waals surface area contributed by atoms with E-state index in [4.69, 9.17) is 5.73 Å². The fourth-order valence-electron chi connectivity index (χ4n) is 2.40. The Kier molecular flexibility index (Phi) is 5.64. The largest absolute Gasteiger partial charge is 0.416 e. The van der Waals surface area contributed by atoms with E-state index in [-0.39, 0.29) is 12.4 Å². The molecule has 0 saturated carbocycles. The number of halogens is 4. The summed E-state index contributed by atoms with van der Waals surface area (Å²) >= 11 is 0. The molecule has 2 nitrogen and oxygen atoms in total. The van der Waals surface area contributed by atoms with E-state index in [1.54, 1.807) is 12.1 Å². The van der Waals surface area contributed by atoms with Crippen molar-refractivity contribution in [1.29, 1.82) is 0 Å². The predicted molar refractivity (Wildman–Crippen MR) is 71.2 cm³/mol. The molecule has 0 spiro atoms. The molecule has 1 saturated heterocycles. The first kappa shape index (κ1) is 16.3. The number of hydrogen-bond donors (Lipinski definition) is 1. The topological polar surface area (TPSA) is 29.3 Å². The number of hydrogen-bond acceptors (Lipinski definition) is 2. The van der Waals surface area contributed by atoms with Gasteiger partial charge in [0.15, 0.2) is 0 Å². The van der Waals surface area contributed by atoms with Crippen molar-refractivity contribution in [3.63, 3.8) is 0 Å². The van der Waals surface area contributed by atoms with Crippen LogP contribution < -0.4 is 5.73 Å². The summed E-state index contributed by atoms with van der Waals surface area (Å²) in [7, 11) is 0. The summed E-state index contributed by atoms with van der Waals surface area (Å²) in [5, 5.41) is 0. The summed E-state index contributed by atoms with van der Waals surface area (Å²) in [6.45, 7) is 2.27. The highest BCUT2D eigenvalue weighted by atomic mass is 35.5. The van der Waals surface area contributed by atoms with Crippen LogP contribution in [0.5, 0.6) is 0 Å². The zero-order chi connectivity index (χ0) is 13.2. The molecule has 1 heterocycles. The van der Waals surface area contributed by atoms with Crippen molar-refractivity contribution in [2.24, 2.45) is 5.73 Å². The third kappa shape index (κ3) is 4.09. The van der Waals surface area contributed by atoms with Crippen molar-refractivity contribution in [2.75, 3.05) is 13.1 Å². The predicted octanol–water partition coefficient (Wildman–Crippen LogP) is 3.05. The zero-order valence-electron chi connectivity index (χ0n) is 10.5. The average molecular weight is 295 g/mol. The second-order valence-electron chi connectivity index (χ2n) is 4.70. The molecular weight excluding hydrogens is 277 g/mol. The van der Waals surface area contributed by atoms with Gasteiger partial charge in [-0.25, -0.2) is 0 Å². The van der Waals surface area contributed by atoms with Crippen LogP contribution in [0.25, 0.3) is 0 Å². The summed E-state index contributed by atoms with van der Waals surface area (Å²) in [6.07, 6.45) is -2.06. The highest BCUT2D eigenvalue weighted by Gasteiger charge is 2.30. The van der Waals surface area contributed by atoms with E-state index in [0.717, 1.165) is 37.1 Å². The average Bonchev–Trinajstić information content (AvgIpc) is 2.76. The molecule has 0 bridgehead atoms. The molecule has 0 aliphatic carbocycles. The first-order chi connectivity index (χ1) is 8.50. The summed E-state index contributed by atoms with van der Waals surface area (Å²) in [6, 6.07) is 5.75. The molecule has 1 aliphatic rings. The lowest BCUT2D eigenvalue weighted by molar-refractivity contribution is -0.137. The maximum atomic E-state index is 12.4. The van der Waals surface area contributed by atoms with Crippen LogP contribution in [0.4, 0.5) is 13.2 Å². The lowest BCUT2D eigenvalue weighted by Gasteiger charge is -2.23. The van der Waals surface area contributed by atoms with E-state index >= 15 is 0 Å². The van der Waals surface area contributed by atoms with Crippen LogP contribution in [0.3, 0.4) is 0 Å². The molecule has 0 radical (unpaired) electrons. The minimum atomic E-state index is -4.26. The molecule has 2 N–H and O–H groups in total. The Bertz CT molecular complexity index is 392. The van der Waals surface area contributed by atoms with Gasteiger partial charge < -0.3 is 5.73 Å². The lowest BCUT2D eigenvalue weighted by Crippen LogP contribution is -2.34. The van der Waals surface area contributed by atoms with Crippen LogP contribution in [-0.2, 0) is 12.7 Å². The number of nitrogens with two attached hydrogens (primary N) is 1. The van der Waals surface area contributed by atoms with Crippen LogP contribution in [0, 0.1) is 0 Å². The van der Waals surface area contributed by atoms with Gasteiger partial charge in [-0.05, 0) is 37.1 Å². The Hall–Kier alpha value is -0.780. The van der Waals surface area contributed by atoms with Crippen molar-refractivity contribution in [3.05, 3.63) is 35.4 Å². The fraction of sp³-hybridized carbons (Fsp3) is 0.538. The minimum absolute atomic E-state index is 0. The highest BCUT2D eigenvalue weighted by molar-refractivity contribution is 5.85. The van der Waals surface area contributed by atoms with Crippen molar-refractivity contribution in [3.8, 4) is 0 Å². The molecule has 2 rings (SSSR count). The maximum absolute atomic E-state index is 12.4. The lowest BCUT2D eigenvalue weighted by atomic mass is 10.1. The molecule has 19 heavy (non-hydrogen) atoms. The number of likely N-dealkylation sites (tertiary alicyclic amines) is 1. The van der Waals surface area contributed by atoms with Gasteiger partial charge in [0.05, 0.1) is 5.56 Å². The molecule has 1 fully saturated rings. The Labute approximate surface area is 117 Å². The van der Waals surface area contributed by atoms with Crippen LogP contribution in [-0.4, -0.2) is 24.0 Å². The molecule has 0 aromatic heterocycles. The summed E-state index contributed by atoms with van der Waals surface area (Å²) < 4.78 is 37.2. The van der Waals surface area contributed by atoms with E-state index in [1.165, 1.54) is 0 Å². The van der Waals surface area contributed by atoms with Crippen molar-refractivity contribution >= 4 is 12.4 Å². The van der Waals surface area contributed by atoms with E-state index in [1.807, 2.05) is 0 Å². The molecule has 1 unspecified atom stereocenters. The number of nitrogens with zero attached hydrogens (tertiary/aromatic N) is 1. The first-order valence-electron chi connectivity index (χ1n) is 6.11. The quantitative estimate of drug-likeness (QED) is 0.928. The summed E-state index contributed by atoms with van der Waals surface area (Å²) in [4.78, 5) is 2.24. The molecule has 108 valence electrons. The van der Waals surface area contributed by atoms with Gasteiger partial charge in [-0.1, -0.05) is 12.1 Å². The minimum Gasteiger partial charge on any atom is -0.329 e. The van der Waals surface area contributed by atoms with Crippen LogP contribution in [0.15, 0.2) is 24.3 Å². The second kappa shape index (κ2) is 6.59. The zero-order valence-corrected chi connectivity index (χ0v) is 11.3. The van der Waals surface area contributed by atoms with Crippen molar-refractivity contribution in [2.45, 2.75) is 31.6 Å². The van der Waals surface area contributed by atoms with E-state index < -0.39 is 11.7 Å². The Morgan fingerprint density at radius 1 is 1.21 bits per heavy atom. The van der Waals surface area contributed by atoms with Crippen molar-refractivity contribution < 1.29 is 13.2 Å². The van der Waals surface area contributed by atoms with Gasteiger partial charge in [-0.3, -0.25) is 4.90 Å². The van der Waals surface area contributed by atoms with Gasteiger partial charge in [0.25, 0.3) is 0 Å². The van der Waals surface area contributed by atoms with Gasteiger partial charge in [-0.15, -0.1) is 12.4 Å². The van der Waals surface area contributed by atoms with Crippen LogP contribution >= 0.6 is 12.4 Å². The smallest absolute Gasteiger partial charge is 0.329 e. The number of benzene rings is 1. The van der Waals surface area contributed by atoms with Crippen molar-refractivity contribution in [1.82, 2.24) is 4.90 Å². The molecule has 1 atom stereocenters. The normalized spacial score (nSPS) is 20.3. The molecule has 1 aliphatic heterocycles. The first-order valence-corrected chi connectivity index (χ1v) is 6.11. The number of alkyl halides is 3.